The normalized spacial score (nSPS) is 13.8. The molecule has 0 bridgehead atoms. The summed E-state index contributed by atoms with van der Waals surface area (Å²) < 4.78 is 8.48. The van der Waals surface area contributed by atoms with E-state index in [9.17, 15) is 19.2 Å². The van der Waals surface area contributed by atoms with E-state index in [1.165, 1.54) is 0 Å². The lowest BCUT2D eigenvalue weighted by Crippen LogP contribution is -2.47. The van der Waals surface area contributed by atoms with E-state index < -0.39 is 36.3 Å². The summed E-state index contributed by atoms with van der Waals surface area (Å²) in [6, 6.07) is 6.27. The standard InChI is InChI=1S/C24H22I4N2O5/c1-4-12-7-5-6-8-13(12)29-15(31)10-35-24(34)14(9-11(2)3)30-22(32)16-17(23(30)33)19(26)21(28)20(27)18(16)25/h5-8,11,14H,4,9-10H2,1-3H3,(H,29,31)/t14-/m0/s1. The summed E-state index contributed by atoms with van der Waals surface area (Å²) in [4.78, 5) is 53.5. The summed E-state index contributed by atoms with van der Waals surface area (Å²) in [5.74, 6) is -2.28. The summed E-state index contributed by atoms with van der Waals surface area (Å²) in [5, 5.41) is 2.76. The number of ether oxygens (including phenoxy) is 1. The lowest BCUT2D eigenvalue weighted by molar-refractivity contribution is -0.151. The Hall–Kier alpha value is -0.560. The van der Waals surface area contributed by atoms with Gasteiger partial charge in [-0.05, 0) is 121 Å². The highest BCUT2D eigenvalue weighted by atomic mass is 127. The molecular formula is C24H22I4N2O5. The molecule has 1 heterocycles. The van der Waals surface area contributed by atoms with Gasteiger partial charge in [0.2, 0.25) is 0 Å². The van der Waals surface area contributed by atoms with E-state index in [1.807, 2.05) is 39.0 Å². The molecule has 0 saturated heterocycles. The molecule has 186 valence electrons. The van der Waals surface area contributed by atoms with Gasteiger partial charge in [0.05, 0.1) is 11.1 Å². The van der Waals surface area contributed by atoms with Crippen molar-refractivity contribution in [2.45, 2.75) is 39.7 Å². The lowest BCUT2D eigenvalue weighted by Gasteiger charge is -2.26. The van der Waals surface area contributed by atoms with Crippen LogP contribution in [0.25, 0.3) is 0 Å². The SMILES string of the molecule is CCc1ccccc1NC(=O)COC(=O)[C@H](CC(C)C)N1C(=O)c2c(I)c(I)c(I)c(I)c2C1=O. The van der Waals surface area contributed by atoms with Crippen LogP contribution in [0.15, 0.2) is 24.3 Å². The molecule has 0 saturated carbocycles. The van der Waals surface area contributed by atoms with E-state index >= 15 is 0 Å². The molecule has 0 fully saturated rings. The summed E-state index contributed by atoms with van der Waals surface area (Å²) >= 11 is 8.46. The van der Waals surface area contributed by atoms with E-state index in [-0.39, 0.29) is 12.3 Å². The second kappa shape index (κ2) is 12.3. The number of hydrogen-bond donors (Lipinski definition) is 1. The van der Waals surface area contributed by atoms with Crippen LogP contribution < -0.4 is 5.32 Å². The van der Waals surface area contributed by atoms with Crippen LogP contribution in [0.2, 0.25) is 0 Å². The first-order valence-corrected chi connectivity index (χ1v) is 15.1. The first kappa shape index (κ1) is 29.0. The highest BCUT2D eigenvalue weighted by molar-refractivity contribution is 14.1. The topological polar surface area (TPSA) is 92.8 Å². The Morgan fingerprint density at radius 3 is 2.00 bits per heavy atom. The number of fused-ring (bicyclic) bond motifs is 1. The number of para-hydroxylation sites is 1. The van der Waals surface area contributed by atoms with E-state index in [0.29, 0.717) is 24.0 Å². The minimum absolute atomic E-state index is 0.000496. The zero-order valence-electron chi connectivity index (χ0n) is 19.1. The predicted octanol–water partition coefficient (Wildman–Crippen LogP) is 5.86. The molecule has 0 aromatic heterocycles. The Bertz CT molecular complexity index is 1170. The highest BCUT2D eigenvalue weighted by Crippen LogP contribution is 2.38. The number of rotatable bonds is 8. The van der Waals surface area contributed by atoms with Gasteiger partial charge in [0.15, 0.2) is 6.61 Å². The third-order valence-electron chi connectivity index (χ3n) is 5.43. The van der Waals surface area contributed by atoms with Crippen molar-refractivity contribution in [3.05, 3.63) is 55.2 Å². The zero-order valence-corrected chi connectivity index (χ0v) is 27.7. The van der Waals surface area contributed by atoms with Crippen LogP contribution in [0.3, 0.4) is 0 Å². The fraction of sp³-hybridized carbons (Fsp3) is 0.333. The van der Waals surface area contributed by atoms with Crippen LogP contribution in [-0.4, -0.2) is 41.2 Å². The number of halogens is 4. The Morgan fingerprint density at radius 1 is 0.943 bits per heavy atom. The van der Waals surface area contributed by atoms with Gasteiger partial charge in [0.1, 0.15) is 6.04 Å². The van der Waals surface area contributed by atoms with Gasteiger partial charge in [0.25, 0.3) is 17.7 Å². The van der Waals surface area contributed by atoms with Gasteiger partial charge in [-0.3, -0.25) is 19.3 Å². The first-order chi connectivity index (χ1) is 16.5. The zero-order chi connectivity index (χ0) is 26.0. The molecule has 0 radical (unpaired) electrons. The van der Waals surface area contributed by atoms with Crippen molar-refractivity contribution in [3.8, 4) is 0 Å². The lowest BCUT2D eigenvalue weighted by atomic mass is 10.0. The Kier molecular flexibility index (Phi) is 10.2. The minimum atomic E-state index is -1.12. The molecular weight excluding hydrogens is 904 g/mol. The molecule has 35 heavy (non-hydrogen) atoms. The molecule has 1 aliphatic heterocycles. The van der Waals surface area contributed by atoms with Crippen molar-refractivity contribution in [3.63, 3.8) is 0 Å². The van der Waals surface area contributed by atoms with Crippen LogP contribution in [-0.2, 0) is 20.7 Å². The molecule has 3 rings (SSSR count). The molecule has 2 aromatic rings. The van der Waals surface area contributed by atoms with Crippen molar-refractivity contribution in [1.82, 2.24) is 4.90 Å². The molecule has 0 unspecified atom stereocenters. The fourth-order valence-electron chi connectivity index (χ4n) is 3.77. The fourth-order valence-corrected chi connectivity index (χ4v) is 7.42. The monoisotopic (exact) mass is 926 g/mol. The number of anilines is 1. The molecule has 2 aromatic carbocycles. The maximum Gasteiger partial charge on any atom is 0.329 e. The highest BCUT2D eigenvalue weighted by Gasteiger charge is 2.47. The van der Waals surface area contributed by atoms with Gasteiger partial charge in [-0.1, -0.05) is 39.0 Å². The van der Waals surface area contributed by atoms with E-state index in [2.05, 4.69) is 95.7 Å². The van der Waals surface area contributed by atoms with Gasteiger partial charge >= 0.3 is 5.97 Å². The van der Waals surface area contributed by atoms with Crippen molar-refractivity contribution in [2.75, 3.05) is 11.9 Å². The molecule has 3 amide bonds. The van der Waals surface area contributed by atoms with Crippen molar-refractivity contribution in [1.29, 1.82) is 0 Å². The predicted molar refractivity (Wildman–Crippen MR) is 166 cm³/mol. The third kappa shape index (κ3) is 6.13. The van der Waals surface area contributed by atoms with Crippen LogP contribution >= 0.6 is 90.4 Å². The molecule has 0 spiro atoms. The van der Waals surface area contributed by atoms with Crippen LogP contribution in [0.1, 0.15) is 53.5 Å². The average Bonchev–Trinajstić information content (AvgIpc) is 3.08. The van der Waals surface area contributed by atoms with Crippen molar-refractivity contribution >= 4 is 120 Å². The third-order valence-corrected chi connectivity index (χ3v) is 12.8. The number of esters is 1. The molecule has 1 N–H and O–H groups in total. The van der Waals surface area contributed by atoms with Gasteiger partial charge in [-0.2, -0.15) is 0 Å². The van der Waals surface area contributed by atoms with Crippen molar-refractivity contribution < 1.29 is 23.9 Å². The van der Waals surface area contributed by atoms with E-state index in [1.54, 1.807) is 6.07 Å². The number of imide groups is 1. The molecule has 1 aliphatic rings. The number of amides is 3. The molecule has 1 atom stereocenters. The summed E-state index contributed by atoms with van der Waals surface area (Å²) in [7, 11) is 0. The number of carbonyl (C=O) groups excluding carboxylic acids is 4. The Balaban J connectivity index is 1.82. The summed E-state index contributed by atoms with van der Waals surface area (Å²) in [6.07, 6.45) is 0.966. The number of hydrogen-bond acceptors (Lipinski definition) is 5. The van der Waals surface area contributed by atoms with Crippen molar-refractivity contribution in [2.24, 2.45) is 5.92 Å². The average molecular weight is 926 g/mol. The van der Waals surface area contributed by atoms with Gasteiger partial charge in [0, 0.05) is 20.0 Å². The smallest absolute Gasteiger partial charge is 0.329 e. The second-order valence-corrected chi connectivity index (χ2v) is 12.6. The number of carbonyl (C=O) groups is 4. The number of aryl methyl sites for hydroxylation is 1. The largest absolute Gasteiger partial charge is 0.454 e. The summed E-state index contributed by atoms with van der Waals surface area (Å²) in [5.41, 5.74) is 2.26. The van der Waals surface area contributed by atoms with Crippen LogP contribution in [0.5, 0.6) is 0 Å². The number of nitrogens with zero attached hydrogens (tertiary/aromatic N) is 1. The Morgan fingerprint density at radius 2 is 1.49 bits per heavy atom. The molecule has 0 aliphatic carbocycles. The van der Waals surface area contributed by atoms with Crippen LogP contribution in [0.4, 0.5) is 5.69 Å². The minimum Gasteiger partial charge on any atom is -0.454 e. The van der Waals surface area contributed by atoms with Gasteiger partial charge < -0.3 is 10.1 Å². The number of nitrogens with one attached hydrogen (secondary N) is 1. The quantitative estimate of drug-likeness (QED) is 0.118. The van der Waals surface area contributed by atoms with Gasteiger partial charge in [-0.15, -0.1) is 0 Å². The molecule has 11 heteroatoms. The van der Waals surface area contributed by atoms with Gasteiger partial charge in [-0.25, -0.2) is 4.79 Å². The number of benzene rings is 2. The maximum absolute atomic E-state index is 13.4. The van der Waals surface area contributed by atoms with E-state index in [4.69, 9.17) is 4.74 Å². The van der Waals surface area contributed by atoms with Crippen LogP contribution in [0, 0.1) is 20.2 Å². The summed E-state index contributed by atoms with van der Waals surface area (Å²) in [6.45, 7) is 5.26. The van der Waals surface area contributed by atoms with E-state index in [0.717, 1.165) is 24.0 Å². The Labute approximate surface area is 258 Å². The second-order valence-electron chi connectivity index (χ2n) is 8.30. The first-order valence-electron chi connectivity index (χ1n) is 10.8. The molecule has 7 nitrogen and oxygen atoms in total. The maximum atomic E-state index is 13.4.